The highest BCUT2D eigenvalue weighted by Crippen LogP contribution is 2.35. The molecule has 2 aromatic rings. The average Bonchev–Trinajstić information content (AvgIpc) is 3.14. The molecule has 5 unspecified atom stereocenters. The Hall–Kier alpha value is -5.29. The molecule has 1 saturated carbocycles. The van der Waals surface area contributed by atoms with Crippen molar-refractivity contribution in [1.29, 1.82) is 0 Å². The third-order valence-electron chi connectivity index (χ3n) is 8.40. The van der Waals surface area contributed by atoms with Gasteiger partial charge in [0, 0.05) is 26.2 Å². The third kappa shape index (κ3) is 12.1. The van der Waals surface area contributed by atoms with Crippen molar-refractivity contribution < 1.29 is 38.3 Å². The standard InChI is InChI=1S/C33H43N13O8/c1-33(2,3)54-32(48)40-22-16-23(41-45-36)28(26(47)27(22)49-15-14-38-43-34)53-31-25(42-46-37)30(51-19-21-12-8-5-9-13-21)29(24(52-31)17-39-44-35)50-18-20-10-6-4-7-11-20/h4-13,22-31,47H,14-19H2,1-3H3,(H,40,48)/t22-,23?,24?,25?,26-,27?,28?,29-,30+,31-/m1/s1. The number of hydrogen-bond donors (Lipinski definition) is 2. The van der Waals surface area contributed by atoms with E-state index < -0.39 is 72.7 Å². The van der Waals surface area contributed by atoms with E-state index in [-0.39, 0.29) is 39.3 Å². The number of azide groups is 4. The van der Waals surface area contributed by atoms with Crippen LogP contribution in [0.25, 0.3) is 41.8 Å². The van der Waals surface area contributed by atoms with Gasteiger partial charge >= 0.3 is 6.09 Å². The van der Waals surface area contributed by atoms with Crippen LogP contribution in [-0.2, 0) is 41.6 Å². The molecular weight excluding hydrogens is 706 g/mol. The number of carbonyl (C=O) groups is 1. The molecule has 54 heavy (non-hydrogen) atoms. The first-order valence-corrected chi connectivity index (χ1v) is 17.1. The van der Waals surface area contributed by atoms with E-state index in [9.17, 15) is 26.5 Å². The Labute approximate surface area is 310 Å². The molecule has 21 nitrogen and oxygen atoms in total. The first kappa shape index (κ1) is 41.5. The number of aliphatic hydroxyl groups excluding tert-OH is 1. The van der Waals surface area contributed by atoms with Crippen LogP contribution in [-0.4, -0.2) is 97.5 Å². The molecule has 1 aliphatic heterocycles. The first-order chi connectivity index (χ1) is 26.1. The lowest BCUT2D eigenvalue weighted by Crippen LogP contribution is -2.65. The minimum Gasteiger partial charge on any atom is -0.444 e. The van der Waals surface area contributed by atoms with E-state index >= 15 is 0 Å². The summed E-state index contributed by atoms with van der Waals surface area (Å²) in [5, 5.41) is 29.6. The molecule has 1 aliphatic carbocycles. The number of amides is 1. The maximum absolute atomic E-state index is 12.8. The summed E-state index contributed by atoms with van der Waals surface area (Å²) in [5.74, 6) is 0. The van der Waals surface area contributed by atoms with Crippen molar-refractivity contribution in [3.8, 4) is 0 Å². The minimum absolute atomic E-state index is 0.0572. The summed E-state index contributed by atoms with van der Waals surface area (Å²) in [6.07, 6.45) is -9.62. The van der Waals surface area contributed by atoms with Gasteiger partial charge < -0.3 is 38.8 Å². The lowest BCUT2D eigenvalue weighted by atomic mass is 9.83. The van der Waals surface area contributed by atoms with E-state index in [2.05, 4.69) is 45.4 Å². The van der Waals surface area contributed by atoms with Gasteiger partial charge in [0.1, 0.15) is 36.1 Å². The normalized spacial score (nSPS) is 27.9. The summed E-state index contributed by atoms with van der Waals surface area (Å²) in [6.45, 7) is 4.70. The van der Waals surface area contributed by atoms with Gasteiger partial charge in [-0.3, -0.25) is 0 Å². The highest BCUT2D eigenvalue weighted by Gasteiger charge is 2.52. The second-order valence-electron chi connectivity index (χ2n) is 13.3. The molecule has 2 fully saturated rings. The number of hydrogen-bond acceptors (Lipinski definition) is 12. The molecule has 0 spiro atoms. The van der Waals surface area contributed by atoms with Crippen LogP contribution in [0.2, 0.25) is 0 Å². The number of carbonyl (C=O) groups excluding carboxylic acids is 1. The highest BCUT2D eigenvalue weighted by molar-refractivity contribution is 5.68. The predicted molar refractivity (Wildman–Crippen MR) is 191 cm³/mol. The molecule has 2 N–H and O–H groups in total. The quantitative estimate of drug-likeness (QED) is 0.0799. The first-order valence-electron chi connectivity index (χ1n) is 17.1. The molecular formula is C33H43N13O8. The number of nitrogens with one attached hydrogen (secondary N) is 1. The van der Waals surface area contributed by atoms with Crippen LogP contribution < -0.4 is 5.32 Å². The maximum Gasteiger partial charge on any atom is 0.407 e. The van der Waals surface area contributed by atoms with E-state index in [1.54, 1.807) is 20.8 Å². The van der Waals surface area contributed by atoms with Crippen molar-refractivity contribution >= 4 is 6.09 Å². The molecule has 2 aliphatic rings. The molecule has 1 saturated heterocycles. The van der Waals surface area contributed by atoms with Crippen LogP contribution in [0.1, 0.15) is 38.3 Å². The van der Waals surface area contributed by atoms with Gasteiger partial charge in [0.05, 0.1) is 50.7 Å². The Morgan fingerprint density at radius 3 is 2.02 bits per heavy atom. The summed E-state index contributed by atoms with van der Waals surface area (Å²) >= 11 is 0. The minimum atomic E-state index is -1.61. The molecule has 21 heteroatoms. The van der Waals surface area contributed by atoms with Crippen LogP contribution in [0.15, 0.2) is 81.1 Å². The molecule has 0 bridgehead atoms. The van der Waals surface area contributed by atoms with Crippen molar-refractivity contribution in [1.82, 2.24) is 5.32 Å². The van der Waals surface area contributed by atoms with Crippen LogP contribution in [0.5, 0.6) is 0 Å². The van der Waals surface area contributed by atoms with E-state index in [0.717, 1.165) is 11.1 Å². The Kier molecular flexibility index (Phi) is 16.0. The van der Waals surface area contributed by atoms with Crippen molar-refractivity contribution in [2.75, 3.05) is 19.7 Å². The lowest BCUT2D eigenvalue weighted by Gasteiger charge is -2.48. The number of nitrogens with zero attached hydrogens (tertiary/aromatic N) is 12. The van der Waals surface area contributed by atoms with Gasteiger partial charge in [-0.05, 0) is 60.4 Å². The van der Waals surface area contributed by atoms with Gasteiger partial charge in [-0.2, -0.15) is 0 Å². The van der Waals surface area contributed by atoms with Gasteiger partial charge in [0.2, 0.25) is 0 Å². The van der Waals surface area contributed by atoms with Gasteiger partial charge in [-0.15, -0.1) is 0 Å². The summed E-state index contributed by atoms with van der Waals surface area (Å²) < 4.78 is 36.8. The number of rotatable bonds is 17. The zero-order valence-electron chi connectivity index (χ0n) is 30.0. The molecule has 10 atom stereocenters. The van der Waals surface area contributed by atoms with Crippen molar-refractivity contribution in [3.63, 3.8) is 0 Å². The van der Waals surface area contributed by atoms with E-state index in [1.807, 2.05) is 60.7 Å². The molecule has 288 valence electrons. The summed E-state index contributed by atoms with van der Waals surface area (Å²) in [5.41, 5.74) is 38.1. The molecule has 1 amide bonds. The Balaban J connectivity index is 1.70. The van der Waals surface area contributed by atoms with Crippen LogP contribution in [0, 0.1) is 0 Å². The zero-order chi connectivity index (χ0) is 38.9. The van der Waals surface area contributed by atoms with E-state index in [4.69, 9.17) is 34.0 Å². The van der Waals surface area contributed by atoms with Gasteiger partial charge in [0.15, 0.2) is 6.29 Å². The molecule has 0 radical (unpaired) electrons. The summed E-state index contributed by atoms with van der Waals surface area (Å²) in [6, 6.07) is 15.1. The largest absolute Gasteiger partial charge is 0.444 e. The zero-order valence-corrected chi connectivity index (χ0v) is 30.0. The number of ether oxygens (including phenoxy) is 6. The van der Waals surface area contributed by atoms with Crippen molar-refractivity contribution in [2.45, 2.75) is 107 Å². The monoisotopic (exact) mass is 749 g/mol. The second-order valence-corrected chi connectivity index (χ2v) is 13.3. The molecule has 0 aromatic heterocycles. The van der Waals surface area contributed by atoms with Crippen molar-refractivity contribution in [2.24, 2.45) is 20.5 Å². The second kappa shape index (κ2) is 20.8. The van der Waals surface area contributed by atoms with Crippen LogP contribution in [0.4, 0.5) is 4.79 Å². The fourth-order valence-corrected chi connectivity index (χ4v) is 6.15. The summed E-state index contributed by atoms with van der Waals surface area (Å²) in [4.78, 5) is 24.4. The number of alkyl carbamates (subject to hydrolysis) is 1. The Bertz CT molecular complexity index is 1690. The van der Waals surface area contributed by atoms with E-state index in [0.29, 0.717) is 0 Å². The fourth-order valence-electron chi connectivity index (χ4n) is 6.15. The topological polar surface area (TPSA) is 300 Å². The predicted octanol–water partition coefficient (Wildman–Crippen LogP) is 6.29. The Morgan fingerprint density at radius 1 is 0.833 bits per heavy atom. The van der Waals surface area contributed by atoms with Crippen molar-refractivity contribution in [3.05, 3.63) is 114 Å². The van der Waals surface area contributed by atoms with Gasteiger partial charge in [0.25, 0.3) is 0 Å². The fraction of sp³-hybridized carbons (Fsp3) is 0.606. The van der Waals surface area contributed by atoms with Gasteiger partial charge in [-0.1, -0.05) is 81.1 Å². The van der Waals surface area contributed by atoms with Crippen LogP contribution in [0.3, 0.4) is 0 Å². The smallest absolute Gasteiger partial charge is 0.407 e. The SMILES string of the molecule is CC(C)(C)OC(=O)N[C@@H]1CC(N=[N+]=[N-])C(O[C@H]2OC(CN=[N+]=[N-])[C@@H](OCc3ccccc3)[C@@H](OCc3ccccc3)C2N=[N+]=[N-])[C@H](O)C1OCCN=[N+]=[N-]. The number of aliphatic hydroxyl groups is 1. The van der Waals surface area contributed by atoms with Crippen LogP contribution >= 0.6 is 0 Å². The number of benzene rings is 2. The molecule has 1 heterocycles. The highest BCUT2D eigenvalue weighted by atomic mass is 16.7. The average molecular weight is 750 g/mol. The summed E-state index contributed by atoms with van der Waals surface area (Å²) in [7, 11) is 0. The van der Waals surface area contributed by atoms with E-state index in [1.165, 1.54) is 0 Å². The molecule has 4 rings (SSSR count). The Morgan fingerprint density at radius 2 is 1.44 bits per heavy atom. The molecule has 2 aromatic carbocycles. The third-order valence-corrected chi connectivity index (χ3v) is 8.40. The maximum atomic E-state index is 12.8. The van der Waals surface area contributed by atoms with Gasteiger partial charge in [-0.25, -0.2) is 4.79 Å². The lowest BCUT2D eigenvalue weighted by molar-refractivity contribution is -0.301.